The summed E-state index contributed by atoms with van der Waals surface area (Å²) in [5, 5.41) is 3.31. The van der Waals surface area contributed by atoms with E-state index in [9.17, 15) is 0 Å². The molecule has 0 aromatic heterocycles. The van der Waals surface area contributed by atoms with Crippen molar-refractivity contribution in [2.75, 3.05) is 39.5 Å². The van der Waals surface area contributed by atoms with Crippen LogP contribution >= 0.6 is 0 Å². The summed E-state index contributed by atoms with van der Waals surface area (Å²) in [7, 11) is 0. The van der Waals surface area contributed by atoms with Crippen molar-refractivity contribution < 1.29 is 9.47 Å². The average Bonchev–Trinajstić information content (AvgIpc) is 2.32. The number of nitrogens with one attached hydrogen (secondary N) is 1. The van der Waals surface area contributed by atoms with Gasteiger partial charge in [0.1, 0.15) is 0 Å². The first-order chi connectivity index (χ1) is 7.45. The van der Waals surface area contributed by atoms with Gasteiger partial charge in [-0.2, -0.15) is 0 Å². The highest BCUT2D eigenvalue weighted by atomic mass is 16.5. The maximum absolute atomic E-state index is 5.76. The van der Waals surface area contributed by atoms with Crippen LogP contribution in [0.4, 0.5) is 0 Å². The predicted molar refractivity (Wildman–Crippen MR) is 59.9 cm³/mol. The van der Waals surface area contributed by atoms with E-state index in [1.165, 1.54) is 18.4 Å². The van der Waals surface area contributed by atoms with Crippen molar-refractivity contribution in [2.45, 2.75) is 19.3 Å². The summed E-state index contributed by atoms with van der Waals surface area (Å²) < 4.78 is 11.1. The third-order valence-electron chi connectivity index (χ3n) is 3.14. The fraction of sp³-hybridized carbons (Fsp3) is 0.833. The van der Waals surface area contributed by atoms with E-state index in [0.29, 0.717) is 0 Å². The molecule has 1 saturated heterocycles. The van der Waals surface area contributed by atoms with E-state index in [0.717, 1.165) is 51.9 Å². The van der Waals surface area contributed by atoms with Crippen molar-refractivity contribution in [3.8, 4) is 0 Å². The maximum atomic E-state index is 5.76. The topological polar surface area (TPSA) is 30.5 Å². The lowest BCUT2D eigenvalue weighted by Gasteiger charge is -2.22. The Morgan fingerprint density at radius 1 is 1.40 bits per heavy atom. The normalized spacial score (nSPS) is 23.9. The molecule has 0 aromatic rings. The van der Waals surface area contributed by atoms with Crippen LogP contribution in [0.15, 0.2) is 11.6 Å². The highest BCUT2D eigenvalue weighted by Crippen LogP contribution is 2.15. The number of hydrogen-bond acceptors (Lipinski definition) is 3. The van der Waals surface area contributed by atoms with Crippen LogP contribution in [-0.2, 0) is 9.47 Å². The van der Waals surface area contributed by atoms with Crippen LogP contribution in [0.1, 0.15) is 19.3 Å². The van der Waals surface area contributed by atoms with Gasteiger partial charge in [0.05, 0.1) is 6.61 Å². The minimum atomic E-state index is 0.723. The zero-order chi connectivity index (χ0) is 10.3. The van der Waals surface area contributed by atoms with Gasteiger partial charge in [-0.3, -0.25) is 0 Å². The fourth-order valence-corrected chi connectivity index (χ4v) is 2.07. The van der Waals surface area contributed by atoms with E-state index in [1.54, 1.807) is 0 Å². The Balaban J connectivity index is 1.59. The van der Waals surface area contributed by atoms with Crippen LogP contribution in [0.2, 0.25) is 0 Å². The van der Waals surface area contributed by atoms with E-state index >= 15 is 0 Å². The molecule has 0 amide bonds. The van der Waals surface area contributed by atoms with Crippen LogP contribution < -0.4 is 5.32 Å². The van der Waals surface area contributed by atoms with Crippen molar-refractivity contribution in [3.05, 3.63) is 11.6 Å². The molecule has 2 rings (SSSR count). The minimum absolute atomic E-state index is 0.723. The van der Waals surface area contributed by atoms with Gasteiger partial charge in [-0.15, -0.1) is 0 Å². The molecule has 3 heteroatoms. The van der Waals surface area contributed by atoms with Crippen LogP contribution in [-0.4, -0.2) is 39.5 Å². The monoisotopic (exact) mass is 211 g/mol. The third-order valence-corrected chi connectivity index (χ3v) is 3.14. The summed E-state index contributed by atoms with van der Waals surface area (Å²) in [5.74, 6) is 0.723. The second-order valence-corrected chi connectivity index (χ2v) is 4.39. The van der Waals surface area contributed by atoms with Gasteiger partial charge in [-0.05, 0) is 37.3 Å². The first-order valence-electron chi connectivity index (χ1n) is 5.99. The Bertz CT molecular complexity index is 210. The van der Waals surface area contributed by atoms with E-state index in [-0.39, 0.29) is 0 Å². The summed E-state index contributed by atoms with van der Waals surface area (Å²) in [6.45, 7) is 5.69. The molecular formula is C12H21NO2. The molecule has 86 valence electrons. The zero-order valence-corrected chi connectivity index (χ0v) is 9.34. The predicted octanol–water partition coefficient (Wildman–Crippen LogP) is 1.35. The Morgan fingerprint density at radius 2 is 2.27 bits per heavy atom. The molecule has 2 heterocycles. The first kappa shape index (κ1) is 11.1. The van der Waals surface area contributed by atoms with Crippen molar-refractivity contribution in [2.24, 2.45) is 5.92 Å². The van der Waals surface area contributed by atoms with Gasteiger partial charge >= 0.3 is 0 Å². The SMILES string of the molecule is C1=C(COCC2CCOCC2)CCNC1. The first-order valence-corrected chi connectivity index (χ1v) is 5.99. The molecule has 0 radical (unpaired) electrons. The molecule has 1 N–H and O–H groups in total. The van der Waals surface area contributed by atoms with Gasteiger partial charge in [0, 0.05) is 26.4 Å². The fourth-order valence-electron chi connectivity index (χ4n) is 2.07. The van der Waals surface area contributed by atoms with Gasteiger partial charge in [0.2, 0.25) is 0 Å². The zero-order valence-electron chi connectivity index (χ0n) is 9.34. The van der Waals surface area contributed by atoms with Gasteiger partial charge in [-0.1, -0.05) is 6.08 Å². The number of hydrogen-bond donors (Lipinski definition) is 1. The summed E-state index contributed by atoms with van der Waals surface area (Å²) in [6.07, 6.45) is 5.74. The molecule has 0 bridgehead atoms. The maximum Gasteiger partial charge on any atom is 0.0677 e. The Morgan fingerprint density at radius 3 is 3.00 bits per heavy atom. The molecule has 0 aromatic carbocycles. The Hall–Kier alpha value is -0.380. The molecule has 2 aliphatic heterocycles. The molecule has 0 unspecified atom stereocenters. The van der Waals surface area contributed by atoms with Crippen LogP contribution in [0.3, 0.4) is 0 Å². The second-order valence-electron chi connectivity index (χ2n) is 4.39. The third kappa shape index (κ3) is 3.93. The average molecular weight is 211 g/mol. The van der Waals surface area contributed by atoms with Gasteiger partial charge < -0.3 is 14.8 Å². The lowest BCUT2D eigenvalue weighted by atomic mass is 10.0. The van der Waals surface area contributed by atoms with Crippen molar-refractivity contribution >= 4 is 0 Å². The summed E-state index contributed by atoms with van der Waals surface area (Å²) >= 11 is 0. The van der Waals surface area contributed by atoms with Crippen molar-refractivity contribution in [1.82, 2.24) is 5.32 Å². The molecule has 3 nitrogen and oxygen atoms in total. The molecule has 0 spiro atoms. The molecule has 2 aliphatic rings. The quantitative estimate of drug-likeness (QED) is 0.712. The van der Waals surface area contributed by atoms with E-state index in [1.807, 2.05) is 0 Å². The summed E-state index contributed by atoms with van der Waals surface area (Å²) in [4.78, 5) is 0. The standard InChI is InChI=1S/C12H21NO2/c1-5-13-6-2-11(1)9-15-10-12-3-7-14-8-4-12/h1,12-13H,2-10H2. The smallest absolute Gasteiger partial charge is 0.0677 e. The highest BCUT2D eigenvalue weighted by Gasteiger charge is 2.14. The van der Waals surface area contributed by atoms with Crippen molar-refractivity contribution in [3.63, 3.8) is 0 Å². The lowest BCUT2D eigenvalue weighted by molar-refractivity contribution is 0.0254. The summed E-state index contributed by atoms with van der Waals surface area (Å²) in [5.41, 5.74) is 1.46. The van der Waals surface area contributed by atoms with E-state index < -0.39 is 0 Å². The van der Waals surface area contributed by atoms with Gasteiger partial charge in [0.15, 0.2) is 0 Å². The van der Waals surface area contributed by atoms with Crippen LogP contribution in [0.25, 0.3) is 0 Å². The Kier molecular flexibility index (Phi) is 4.64. The summed E-state index contributed by atoms with van der Waals surface area (Å²) in [6, 6.07) is 0. The molecule has 0 atom stereocenters. The number of ether oxygens (including phenoxy) is 2. The minimum Gasteiger partial charge on any atom is -0.381 e. The van der Waals surface area contributed by atoms with Gasteiger partial charge in [0.25, 0.3) is 0 Å². The molecule has 0 saturated carbocycles. The van der Waals surface area contributed by atoms with Crippen LogP contribution in [0.5, 0.6) is 0 Å². The molecule has 1 fully saturated rings. The second kappa shape index (κ2) is 6.26. The van der Waals surface area contributed by atoms with Crippen molar-refractivity contribution in [1.29, 1.82) is 0 Å². The van der Waals surface area contributed by atoms with Crippen LogP contribution in [0, 0.1) is 5.92 Å². The largest absolute Gasteiger partial charge is 0.381 e. The van der Waals surface area contributed by atoms with Gasteiger partial charge in [-0.25, -0.2) is 0 Å². The molecule has 0 aliphatic carbocycles. The van der Waals surface area contributed by atoms with E-state index in [4.69, 9.17) is 9.47 Å². The number of rotatable bonds is 4. The van der Waals surface area contributed by atoms with E-state index in [2.05, 4.69) is 11.4 Å². The Labute approximate surface area is 91.8 Å². The molecule has 15 heavy (non-hydrogen) atoms. The molecular weight excluding hydrogens is 190 g/mol. The highest BCUT2D eigenvalue weighted by molar-refractivity contribution is 5.06. The lowest BCUT2D eigenvalue weighted by Crippen LogP contribution is -2.24.